The summed E-state index contributed by atoms with van der Waals surface area (Å²) in [5, 5.41) is 0. The molecule has 0 unspecified atom stereocenters. The summed E-state index contributed by atoms with van der Waals surface area (Å²) in [6.45, 7) is 6.01. The number of rotatable bonds is 0. The minimum atomic E-state index is 0.957. The Hall–Kier alpha value is -1.38. The molecule has 3 nitrogen and oxygen atoms in total. The van der Waals surface area contributed by atoms with Crippen molar-refractivity contribution in [1.29, 1.82) is 0 Å². The molecule has 2 rings (SSSR count). The number of aryl methyl sites for hydroxylation is 3. The fraction of sp³-hybridized carbons (Fsp3) is 0.333. The van der Waals surface area contributed by atoms with Crippen molar-refractivity contribution in [2.75, 3.05) is 0 Å². The molecule has 2 heterocycles. The highest BCUT2D eigenvalue weighted by Gasteiger charge is 2.02. The van der Waals surface area contributed by atoms with Crippen molar-refractivity contribution in [2.45, 2.75) is 20.8 Å². The van der Waals surface area contributed by atoms with Crippen molar-refractivity contribution >= 4 is 5.65 Å². The fourth-order valence-corrected chi connectivity index (χ4v) is 1.41. The van der Waals surface area contributed by atoms with E-state index in [2.05, 4.69) is 14.4 Å². The largest absolute Gasteiger partial charge is 0.301 e. The molecule has 0 aliphatic heterocycles. The van der Waals surface area contributed by atoms with Gasteiger partial charge in [0.15, 0.2) is 5.65 Å². The summed E-state index contributed by atoms with van der Waals surface area (Å²) in [6.07, 6.45) is 3.87. The first-order chi connectivity index (χ1) is 5.68. The highest BCUT2D eigenvalue weighted by molar-refractivity contribution is 5.44. The Labute approximate surface area is 71.1 Å². The fourth-order valence-electron chi connectivity index (χ4n) is 1.41. The van der Waals surface area contributed by atoms with Gasteiger partial charge in [0, 0.05) is 18.1 Å². The maximum absolute atomic E-state index is 4.33. The topological polar surface area (TPSA) is 30.2 Å². The van der Waals surface area contributed by atoms with E-state index in [1.165, 1.54) is 0 Å². The molecule has 0 aliphatic rings. The van der Waals surface area contributed by atoms with Gasteiger partial charge in [-0.05, 0) is 20.8 Å². The lowest BCUT2D eigenvalue weighted by Crippen LogP contribution is -1.95. The van der Waals surface area contributed by atoms with Gasteiger partial charge in [0.1, 0.15) is 0 Å². The van der Waals surface area contributed by atoms with Crippen LogP contribution < -0.4 is 0 Å². The predicted molar refractivity (Wildman–Crippen MR) is 47.2 cm³/mol. The normalized spacial score (nSPS) is 10.9. The molecule has 0 bridgehead atoms. The van der Waals surface area contributed by atoms with Crippen LogP contribution in [0.3, 0.4) is 0 Å². The quantitative estimate of drug-likeness (QED) is 0.588. The van der Waals surface area contributed by atoms with Crippen molar-refractivity contribution < 1.29 is 0 Å². The summed E-state index contributed by atoms with van der Waals surface area (Å²) in [5.41, 5.74) is 4.13. The van der Waals surface area contributed by atoms with Crippen LogP contribution in [0.1, 0.15) is 17.1 Å². The molecule has 12 heavy (non-hydrogen) atoms. The van der Waals surface area contributed by atoms with E-state index in [-0.39, 0.29) is 0 Å². The molecule has 0 atom stereocenters. The molecule has 2 aromatic rings. The van der Waals surface area contributed by atoms with E-state index in [1.54, 1.807) is 0 Å². The Bertz CT molecular complexity index is 429. The van der Waals surface area contributed by atoms with Gasteiger partial charge in [0.2, 0.25) is 0 Å². The number of hydrogen-bond acceptors (Lipinski definition) is 2. The number of imidazole rings is 1. The van der Waals surface area contributed by atoms with Crippen molar-refractivity contribution in [3.05, 3.63) is 29.5 Å². The third-order valence-electron chi connectivity index (χ3n) is 1.97. The Kier molecular flexibility index (Phi) is 1.40. The van der Waals surface area contributed by atoms with Gasteiger partial charge in [0.05, 0.1) is 11.4 Å². The standard InChI is InChI=1S/C9H11N3/c1-6-5-12-7(2)4-10-9(12)8(3)11-6/h4-5H,1-3H3. The molecule has 2 aromatic heterocycles. The lowest BCUT2D eigenvalue weighted by molar-refractivity contribution is 1.00. The summed E-state index contributed by atoms with van der Waals surface area (Å²) in [5.74, 6) is 0. The van der Waals surface area contributed by atoms with E-state index >= 15 is 0 Å². The van der Waals surface area contributed by atoms with Crippen LogP contribution >= 0.6 is 0 Å². The lowest BCUT2D eigenvalue weighted by Gasteiger charge is -2.00. The molecule has 0 radical (unpaired) electrons. The van der Waals surface area contributed by atoms with Gasteiger partial charge in [0.25, 0.3) is 0 Å². The van der Waals surface area contributed by atoms with Crippen LogP contribution in [0.15, 0.2) is 12.4 Å². The lowest BCUT2D eigenvalue weighted by atomic mass is 10.4. The number of nitrogens with zero attached hydrogens (tertiary/aromatic N) is 3. The molecule has 0 amide bonds. The second-order valence-electron chi connectivity index (χ2n) is 3.06. The van der Waals surface area contributed by atoms with Crippen molar-refractivity contribution in [3.8, 4) is 0 Å². The first kappa shape index (κ1) is 7.28. The Morgan fingerprint density at radius 1 is 1.25 bits per heavy atom. The molecule has 0 aromatic carbocycles. The molecule has 0 saturated heterocycles. The zero-order valence-electron chi connectivity index (χ0n) is 7.50. The van der Waals surface area contributed by atoms with Gasteiger partial charge in [-0.1, -0.05) is 0 Å². The zero-order chi connectivity index (χ0) is 8.72. The van der Waals surface area contributed by atoms with Gasteiger partial charge >= 0.3 is 0 Å². The van der Waals surface area contributed by atoms with Crippen LogP contribution in [-0.2, 0) is 0 Å². The Morgan fingerprint density at radius 3 is 2.75 bits per heavy atom. The van der Waals surface area contributed by atoms with Crippen molar-refractivity contribution in [3.63, 3.8) is 0 Å². The second-order valence-corrected chi connectivity index (χ2v) is 3.06. The molecule has 0 N–H and O–H groups in total. The van der Waals surface area contributed by atoms with Gasteiger partial charge in [-0.2, -0.15) is 0 Å². The van der Waals surface area contributed by atoms with E-state index in [0.717, 1.165) is 22.7 Å². The number of fused-ring (bicyclic) bond motifs is 1. The highest BCUT2D eigenvalue weighted by atomic mass is 15.0. The first-order valence-corrected chi connectivity index (χ1v) is 3.96. The van der Waals surface area contributed by atoms with Crippen LogP contribution in [0.4, 0.5) is 0 Å². The summed E-state index contributed by atoms with van der Waals surface area (Å²) in [6, 6.07) is 0. The minimum absolute atomic E-state index is 0.957. The summed E-state index contributed by atoms with van der Waals surface area (Å²) in [4.78, 5) is 8.59. The number of hydrogen-bond donors (Lipinski definition) is 0. The minimum Gasteiger partial charge on any atom is -0.301 e. The summed E-state index contributed by atoms with van der Waals surface area (Å²) < 4.78 is 2.07. The second kappa shape index (κ2) is 2.30. The van der Waals surface area contributed by atoms with E-state index in [9.17, 15) is 0 Å². The molecule has 0 spiro atoms. The SMILES string of the molecule is Cc1cn2c(C)cnc2c(C)n1. The average Bonchev–Trinajstić information content (AvgIpc) is 2.33. The zero-order valence-corrected chi connectivity index (χ0v) is 7.50. The maximum Gasteiger partial charge on any atom is 0.158 e. The maximum atomic E-state index is 4.33. The Morgan fingerprint density at radius 2 is 2.00 bits per heavy atom. The average molecular weight is 161 g/mol. The van der Waals surface area contributed by atoms with Gasteiger partial charge in [-0.3, -0.25) is 4.98 Å². The highest BCUT2D eigenvalue weighted by Crippen LogP contribution is 2.09. The van der Waals surface area contributed by atoms with Crippen LogP contribution in [0.25, 0.3) is 5.65 Å². The molecule has 0 fully saturated rings. The predicted octanol–water partition coefficient (Wildman–Crippen LogP) is 1.65. The molecule has 3 heteroatoms. The molecular weight excluding hydrogens is 150 g/mol. The van der Waals surface area contributed by atoms with Crippen LogP contribution in [-0.4, -0.2) is 14.4 Å². The smallest absolute Gasteiger partial charge is 0.158 e. The third-order valence-corrected chi connectivity index (χ3v) is 1.97. The van der Waals surface area contributed by atoms with Gasteiger partial charge in [-0.25, -0.2) is 4.98 Å². The van der Waals surface area contributed by atoms with Crippen LogP contribution in [0.2, 0.25) is 0 Å². The van der Waals surface area contributed by atoms with E-state index in [0.29, 0.717) is 0 Å². The summed E-state index contributed by atoms with van der Waals surface area (Å²) >= 11 is 0. The van der Waals surface area contributed by atoms with E-state index < -0.39 is 0 Å². The van der Waals surface area contributed by atoms with Gasteiger partial charge in [-0.15, -0.1) is 0 Å². The van der Waals surface area contributed by atoms with Crippen LogP contribution in [0, 0.1) is 20.8 Å². The monoisotopic (exact) mass is 161 g/mol. The molecule has 0 aliphatic carbocycles. The summed E-state index contributed by atoms with van der Waals surface area (Å²) in [7, 11) is 0. The third kappa shape index (κ3) is 0.897. The van der Waals surface area contributed by atoms with E-state index in [4.69, 9.17) is 0 Å². The van der Waals surface area contributed by atoms with Crippen molar-refractivity contribution in [1.82, 2.24) is 14.4 Å². The Balaban J connectivity index is 2.92. The first-order valence-electron chi connectivity index (χ1n) is 3.96. The number of aromatic nitrogens is 3. The molecular formula is C9H11N3. The van der Waals surface area contributed by atoms with Crippen molar-refractivity contribution in [2.24, 2.45) is 0 Å². The van der Waals surface area contributed by atoms with Gasteiger partial charge < -0.3 is 4.40 Å². The molecule has 0 saturated carbocycles. The van der Waals surface area contributed by atoms with E-state index in [1.807, 2.05) is 33.2 Å². The molecule has 62 valence electrons. The van der Waals surface area contributed by atoms with Crippen LogP contribution in [0.5, 0.6) is 0 Å².